The number of carbonyl (C=O) groups excluding carboxylic acids is 1. The predicted octanol–water partition coefficient (Wildman–Crippen LogP) is 0.617. The first-order valence-corrected chi connectivity index (χ1v) is 4.38. The fourth-order valence-electron chi connectivity index (χ4n) is 0.895. The molecule has 1 aromatic heterocycles. The highest BCUT2D eigenvalue weighted by Crippen LogP contribution is 2.08. The van der Waals surface area contributed by atoms with Gasteiger partial charge in [0.05, 0.1) is 5.02 Å². The highest BCUT2D eigenvalue weighted by atomic mass is 35.5. The third-order valence-electron chi connectivity index (χ3n) is 1.55. The van der Waals surface area contributed by atoms with E-state index in [1.54, 1.807) is 12.3 Å². The van der Waals surface area contributed by atoms with Crippen LogP contribution in [0.2, 0.25) is 5.02 Å². The van der Waals surface area contributed by atoms with Gasteiger partial charge in [0.1, 0.15) is 5.69 Å². The zero-order valence-electron chi connectivity index (χ0n) is 7.36. The minimum atomic E-state index is -0.137. The molecule has 0 atom stereocenters. The van der Waals surface area contributed by atoms with Crippen molar-refractivity contribution in [1.29, 1.82) is 0 Å². The molecule has 0 aliphatic rings. The summed E-state index contributed by atoms with van der Waals surface area (Å²) in [5.74, 6) is -0.137. The zero-order valence-corrected chi connectivity index (χ0v) is 8.11. The van der Waals surface area contributed by atoms with Crippen molar-refractivity contribution >= 4 is 17.5 Å². The second-order valence-electron chi connectivity index (χ2n) is 2.59. The van der Waals surface area contributed by atoms with E-state index >= 15 is 0 Å². The lowest BCUT2D eigenvalue weighted by Crippen LogP contribution is -2.30. The predicted molar refractivity (Wildman–Crippen MR) is 52.1 cm³/mol. The Bertz CT molecular complexity index is 285. The van der Waals surface area contributed by atoms with Crippen LogP contribution in [0.25, 0.3) is 0 Å². The van der Waals surface area contributed by atoms with Gasteiger partial charge in [0.15, 0.2) is 0 Å². The van der Waals surface area contributed by atoms with Gasteiger partial charge in [-0.1, -0.05) is 11.6 Å². The number of aromatic amines is 1. The SMILES string of the molecule is CNCCNC(=O)c1cc(Cl)c[nH]1. The minimum absolute atomic E-state index is 0.137. The third kappa shape index (κ3) is 3.08. The van der Waals surface area contributed by atoms with Crippen molar-refractivity contribution in [3.05, 3.63) is 23.0 Å². The molecule has 0 saturated heterocycles. The van der Waals surface area contributed by atoms with Crippen LogP contribution in [-0.2, 0) is 0 Å². The summed E-state index contributed by atoms with van der Waals surface area (Å²) in [6.07, 6.45) is 1.58. The summed E-state index contributed by atoms with van der Waals surface area (Å²) in [5.41, 5.74) is 0.487. The molecule has 0 fully saturated rings. The molecule has 0 aliphatic carbocycles. The number of nitrogens with one attached hydrogen (secondary N) is 3. The highest BCUT2D eigenvalue weighted by Gasteiger charge is 2.05. The highest BCUT2D eigenvalue weighted by molar-refractivity contribution is 6.30. The van der Waals surface area contributed by atoms with Crippen LogP contribution < -0.4 is 10.6 Å². The van der Waals surface area contributed by atoms with Crippen LogP contribution in [0.15, 0.2) is 12.3 Å². The van der Waals surface area contributed by atoms with E-state index < -0.39 is 0 Å². The van der Waals surface area contributed by atoms with Crippen molar-refractivity contribution < 1.29 is 4.79 Å². The molecule has 0 bridgehead atoms. The molecule has 0 radical (unpaired) electrons. The molecule has 4 nitrogen and oxygen atoms in total. The first kappa shape index (κ1) is 10.1. The molecule has 3 N–H and O–H groups in total. The van der Waals surface area contributed by atoms with Crippen molar-refractivity contribution in [2.24, 2.45) is 0 Å². The number of hydrogen-bond acceptors (Lipinski definition) is 2. The number of aromatic nitrogens is 1. The zero-order chi connectivity index (χ0) is 9.68. The molecule has 0 spiro atoms. The lowest BCUT2D eigenvalue weighted by atomic mass is 10.4. The largest absolute Gasteiger partial charge is 0.356 e. The van der Waals surface area contributed by atoms with Gasteiger partial charge in [-0.05, 0) is 13.1 Å². The van der Waals surface area contributed by atoms with Gasteiger partial charge in [-0.3, -0.25) is 4.79 Å². The number of likely N-dealkylation sites (N-methyl/N-ethyl adjacent to an activating group) is 1. The van der Waals surface area contributed by atoms with Crippen LogP contribution in [0.1, 0.15) is 10.5 Å². The fourth-order valence-corrected chi connectivity index (χ4v) is 1.06. The number of amides is 1. The molecular weight excluding hydrogens is 190 g/mol. The summed E-state index contributed by atoms with van der Waals surface area (Å²) < 4.78 is 0. The summed E-state index contributed by atoms with van der Waals surface area (Å²) >= 11 is 5.64. The molecule has 1 amide bonds. The second kappa shape index (κ2) is 4.89. The van der Waals surface area contributed by atoms with E-state index in [-0.39, 0.29) is 5.91 Å². The summed E-state index contributed by atoms with van der Waals surface area (Å²) in [4.78, 5) is 14.1. The van der Waals surface area contributed by atoms with Crippen LogP contribution in [0.3, 0.4) is 0 Å². The van der Waals surface area contributed by atoms with Gasteiger partial charge in [0.2, 0.25) is 0 Å². The van der Waals surface area contributed by atoms with Gasteiger partial charge < -0.3 is 15.6 Å². The first-order chi connectivity index (χ1) is 6.24. The monoisotopic (exact) mass is 201 g/mol. The van der Waals surface area contributed by atoms with E-state index in [2.05, 4.69) is 15.6 Å². The van der Waals surface area contributed by atoms with Crippen LogP contribution in [0.5, 0.6) is 0 Å². The molecule has 13 heavy (non-hydrogen) atoms. The number of carbonyl (C=O) groups is 1. The van der Waals surface area contributed by atoms with Crippen molar-refractivity contribution in [3.63, 3.8) is 0 Å². The van der Waals surface area contributed by atoms with E-state index in [0.717, 1.165) is 6.54 Å². The quantitative estimate of drug-likeness (QED) is 0.626. The molecule has 0 aliphatic heterocycles. The maximum Gasteiger partial charge on any atom is 0.267 e. The van der Waals surface area contributed by atoms with Crippen LogP contribution in [0, 0.1) is 0 Å². The van der Waals surface area contributed by atoms with Gasteiger partial charge >= 0.3 is 0 Å². The molecule has 1 rings (SSSR count). The number of rotatable bonds is 4. The fraction of sp³-hybridized carbons (Fsp3) is 0.375. The van der Waals surface area contributed by atoms with Crippen molar-refractivity contribution in [1.82, 2.24) is 15.6 Å². The van der Waals surface area contributed by atoms with Gasteiger partial charge in [-0.25, -0.2) is 0 Å². The normalized spacial score (nSPS) is 10.0. The Morgan fingerprint density at radius 2 is 2.38 bits per heavy atom. The van der Waals surface area contributed by atoms with Gasteiger partial charge in [-0.2, -0.15) is 0 Å². The molecule has 72 valence electrons. The Kier molecular flexibility index (Phi) is 3.79. The Labute approximate surface area is 81.7 Å². The second-order valence-corrected chi connectivity index (χ2v) is 3.03. The van der Waals surface area contributed by atoms with E-state index in [1.165, 1.54) is 0 Å². The average molecular weight is 202 g/mol. The van der Waals surface area contributed by atoms with Crippen LogP contribution in [-0.4, -0.2) is 31.0 Å². The lowest BCUT2D eigenvalue weighted by molar-refractivity contribution is 0.0950. The van der Waals surface area contributed by atoms with Gasteiger partial charge in [-0.15, -0.1) is 0 Å². The van der Waals surface area contributed by atoms with E-state index in [4.69, 9.17) is 11.6 Å². The van der Waals surface area contributed by atoms with Crippen LogP contribution >= 0.6 is 11.6 Å². The van der Waals surface area contributed by atoms with Crippen LogP contribution in [0.4, 0.5) is 0 Å². The molecule has 0 saturated carbocycles. The Balaban J connectivity index is 2.40. The maximum absolute atomic E-state index is 11.3. The molecule has 0 unspecified atom stereocenters. The van der Waals surface area contributed by atoms with E-state index in [1.807, 2.05) is 7.05 Å². The summed E-state index contributed by atoms with van der Waals surface area (Å²) in [7, 11) is 1.83. The molecule has 1 aromatic rings. The molecular formula is C8H12ClN3O. The minimum Gasteiger partial charge on any atom is -0.356 e. The smallest absolute Gasteiger partial charge is 0.267 e. The summed E-state index contributed by atoms with van der Waals surface area (Å²) in [6.45, 7) is 1.35. The third-order valence-corrected chi connectivity index (χ3v) is 1.77. The Morgan fingerprint density at radius 3 is 2.92 bits per heavy atom. The van der Waals surface area contributed by atoms with Gasteiger partial charge in [0.25, 0.3) is 5.91 Å². The molecule has 1 heterocycles. The number of hydrogen-bond donors (Lipinski definition) is 3. The van der Waals surface area contributed by atoms with Crippen molar-refractivity contribution in [2.45, 2.75) is 0 Å². The van der Waals surface area contributed by atoms with Crippen molar-refractivity contribution in [3.8, 4) is 0 Å². The summed E-state index contributed by atoms with van der Waals surface area (Å²) in [5, 5.41) is 6.19. The number of halogens is 1. The van der Waals surface area contributed by atoms with E-state index in [9.17, 15) is 4.79 Å². The maximum atomic E-state index is 11.3. The topological polar surface area (TPSA) is 56.9 Å². The Morgan fingerprint density at radius 1 is 1.62 bits per heavy atom. The lowest BCUT2D eigenvalue weighted by Gasteiger charge is -2.01. The first-order valence-electron chi connectivity index (χ1n) is 4.00. The average Bonchev–Trinajstić information content (AvgIpc) is 2.52. The van der Waals surface area contributed by atoms with Crippen molar-refractivity contribution in [2.75, 3.05) is 20.1 Å². The van der Waals surface area contributed by atoms with E-state index in [0.29, 0.717) is 17.3 Å². The molecule has 0 aromatic carbocycles. The molecule has 5 heteroatoms. The summed E-state index contributed by atoms with van der Waals surface area (Å²) in [6, 6.07) is 1.59. The number of H-pyrrole nitrogens is 1. The Hall–Kier alpha value is -1.00. The van der Waals surface area contributed by atoms with Gasteiger partial charge in [0, 0.05) is 19.3 Å². The standard InChI is InChI=1S/C8H12ClN3O/c1-10-2-3-11-8(13)7-4-6(9)5-12-7/h4-5,10,12H,2-3H2,1H3,(H,11,13).